The molecule has 1 rings (SSSR count). The molecule has 17 heavy (non-hydrogen) atoms. The minimum absolute atomic E-state index is 0.00144. The van der Waals surface area contributed by atoms with Gasteiger partial charge in [0.05, 0.1) is 13.0 Å². The van der Waals surface area contributed by atoms with Crippen LogP contribution in [0, 0.1) is 34.5 Å². The second-order valence-corrected chi connectivity index (χ2v) is 7.01. The zero-order chi connectivity index (χ0) is 13.6. The molecule has 0 aromatic rings. The van der Waals surface area contributed by atoms with Crippen molar-refractivity contribution < 1.29 is 9.53 Å². The topological polar surface area (TPSA) is 26.3 Å². The van der Waals surface area contributed by atoms with Gasteiger partial charge in [0.1, 0.15) is 0 Å². The molecule has 0 spiro atoms. The van der Waals surface area contributed by atoms with Gasteiger partial charge >= 0.3 is 5.97 Å². The summed E-state index contributed by atoms with van der Waals surface area (Å²) in [5, 5.41) is 0. The molecule has 0 radical (unpaired) electrons. The van der Waals surface area contributed by atoms with E-state index in [1.807, 2.05) is 0 Å². The lowest BCUT2D eigenvalue weighted by Crippen LogP contribution is -2.55. The van der Waals surface area contributed by atoms with Gasteiger partial charge in [0.25, 0.3) is 0 Å². The van der Waals surface area contributed by atoms with E-state index >= 15 is 0 Å². The van der Waals surface area contributed by atoms with Crippen molar-refractivity contribution in [3.05, 3.63) is 0 Å². The summed E-state index contributed by atoms with van der Waals surface area (Å²) in [5.41, 5.74) is 0.176. The Morgan fingerprint density at radius 3 is 1.71 bits per heavy atom. The summed E-state index contributed by atoms with van der Waals surface area (Å²) in [6, 6.07) is 0. The first-order chi connectivity index (χ1) is 7.58. The van der Waals surface area contributed by atoms with Gasteiger partial charge in [-0.2, -0.15) is 0 Å². The molecule has 4 atom stereocenters. The van der Waals surface area contributed by atoms with Crippen molar-refractivity contribution in [2.75, 3.05) is 7.11 Å². The van der Waals surface area contributed by atoms with E-state index in [4.69, 9.17) is 4.74 Å². The highest BCUT2D eigenvalue weighted by atomic mass is 16.5. The minimum Gasteiger partial charge on any atom is -0.469 e. The van der Waals surface area contributed by atoms with E-state index in [0.717, 1.165) is 0 Å². The number of ether oxygens (including phenoxy) is 1. The van der Waals surface area contributed by atoms with Crippen LogP contribution in [0.15, 0.2) is 0 Å². The third-order valence-corrected chi connectivity index (χ3v) is 6.03. The van der Waals surface area contributed by atoms with Crippen LogP contribution in [-0.2, 0) is 9.53 Å². The fourth-order valence-corrected chi connectivity index (χ4v) is 3.70. The fourth-order valence-electron chi connectivity index (χ4n) is 3.70. The third kappa shape index (κ3) is 2.00. The van der Waals surface area contributed by atoms with Crippen LogP contribution in [0.5, 0.6) is 0 Å². The lowest BCUT2D eigenvalue weighted by Gasteiger charge is -2.57. The van der Waals surface area contributed by atoms with Crippen LogP contribution in [0.1, 0.15) is 48.5 Å². The largest absolute Gasteiger partial charge is 0.469 e. The smallest absolute Gasteiger partial charge is 0.309 e. The molecule has 1 aliphatic carbocycles. The van der Waals surface area contributed by atoms with Crippen LogP contribution >= 0.6 is 0 Å². The summed E-state index contributed by atoms with van der Waals surface area (Å²) >= 11 is 0. The minimum atomic E-state index is -0.0469. The predicted octanol–water partition coefficient (Wildman–Crippen LogP) is 3.75. The van der Waals surface area contributed by atoms with Gasteiger partial charge in [-0.05, 0) is 28.6 Å². The number of hydrogen-bond donors (Lipinski definition) is 0. The highest BCUT2D eigenvalue weighted by Crippen LogP contribution is 2.58. The number of carbonyl (C=O) groups is 1. The van der Waals surface area contributed by atoms with Gasteiger partial charge in [-0.25, -0.2) is 0 Å². The van der Waals surface area contributed by atoms with Crippen LogP contribution in [0.3, 0.4) is 0 Å². The summed E-state index contributed by atoms with van der Waals surface area (Å²) in [4.78, 5) is 12.1. The Labute approximate surface area is 106 Å². The zero-order valence-corrected chi connectivity index (χ0v) is 12.6. The van der Waals surface area contributed by atoms with Crippen LogP contribution in [0.4, 0.5) is 0 Å². The molecule has 0 heterocycles. The SMILES string of the molecule is COC(=O)C1C(C)C(C)(C)C(C)C(C)C1(C)C. The molecule has 1 fully saturated rings. The number of carbonyl (C=O) groups excluding carboxylic acids is 1. The molecule has 1 aliphatic rings. The van der Waals surface area contributed by atoms with Gasteiger partial charge in [0.15, 0.2) is 0 Å². The summed E-state index contributed by atoms with van der Waals surface area (Å²) in [7, 11) is 1.50. The van der Waals surface area contributed by atoms with Crippen molar-refractivity contribution >= 4 is 5.97 Å². The molecule has 4 unspecified atom stereocenters. The molecule has 0 aromatic heterocycles. The lowest BCUT2D eigenvalue weighted by molar-refractivity contribution is -0.170. The van der Waals surface area contributed by atoms with E-state index in [1.165, 1.54) is 7.11 Å². The molecule has 1 saturated carbocycles. The van der Waals surface area contributed by atoms with Crippen molar-refractivity contribution in [2.45, 2.75) is 48.5 Å². The molecule has 0 aliphatic heterocycles. The monoisotopic (exact) mass is 240 g/mol. The Balaban J connectivity index is 3.22. The van der Waals surface area contributed by atoms with Crippen LogP contribution in [0.2, 0.25) is 0 Å². The average Bonchev–Trinajstić information content (AvgIpc) is 2.24. The maximum atomic E-state index is 12.1. The summed E-state index contributed by atoms with van der Waals surface area (Å²) in [5.74, 6) is 1.41. The quantitative estimate of drug-likeness (QED) is 0.652. The first kappa shape index (κ1) is 14.5. The van der Waals surface area contributed by atoms with Gasteiger partial charge in [0.2, 0.25) is 0 Å². The van der Waals surface area contributed by atoms with Crippen LogP contribution < -0.4 is 0 Å². The Hall–Kier alpha value is -0.530. The van der Waals surface area contributed by atoms with E-state index in [-0.39, 0.29) is 22.7 Å². The second-order valence-electron chi connectivity index (χ2n) is 7.01. The maximum Gasteiger partial charge on any atom is 0.309 e. The molecular formula is C15H28O2. The van der Waals surface area contributed by atoms with Crippen molar-refractivity contribution in [1.82, 2.24) is 0 Å². The number of hydrogen-bond acceptors (Lipinski definition) is 2. The Kier molecular flexibility index (Phi) is 3.67. The predicted molar refractivity (Wildman–Crippen MR) is 70.6 cm³/mol. The summed E-state index contributed by atoms with van der Waals surface area (Å²) in [6.07, 6.45) is 0. The number of rotatable bonds is 1. The standard InChI is InChI=1S/C15H28O2/c1-9-10(2)15(6,7)12(13(16)17-8)11(3)14(9,4)5/h9-12H,1-8H3. The molecule has 0 bridgehead atoms. The van der Waals surface area contributed by atoms with Crippen molar-refractivity contribution in [3.8, 4) is 0 Å². The van der Waals surface area contributed by atoms with Gasteiger partial charge in [-0.3, -0.25) is 4.79 Å². The Bertz CT molecular complexity index is 304. The van der Waals surface area contributed by atoms with E-state index < -0.39 is 0 Å². The normalized spacial score (nSPS) is 39.8. The number of methoxy groups -OCH3 is 1. The van der Waals surface area contributed by atoms with E-state index in [9.17, 15) is 4.79 Å². The highest BCUT2D eigenvalue weighted by Gasteiger charge is 2.56. The maximum absolute atomic E-state index is 12.1. The fraction of sp³-hybridized carbons (Fsp3) is 0.933. The lowest BCUT2D eigenvalue weighted by atomic mass is 9.47. The van der Waals surface area contributed by atoms with Crippen LogP contribution in [-0.4, -0.2) is 13.1 Å². The van der Waals surface area contributed by atoms with Gasteiger partial charge in [0, 0.05) is 0 Å². The van der Waals surface area contributed by atoms with Gasteiger partial charge in [-0.15, -0.1) is 0 Å². The Morgan fingerprint density at radius 2 is 1.29 bits per heavy atom. The molecule has 0 amide bonds. The van der Waals surface area contributed by atoms with Crippen molar-refractivity contribution in [3.63, 3.8) is 0 Å². The highest BCUT2D eigenvalue weighted by molar-refractivity contribution is 5.74. The number of esters is 1. The molecule has 2 nitrogen and oxygen atoms in total. The van der Waals surface area contributed by atoms with E-state index in [1.54, 1.807) is 0 Å². The van der Waals surface area contributed by atoms with Gasteiger partial charge < -0.3 is 4.74 Å². The zero-order valence-electron chi connectivity index (χ0n) is 12.6. The second kappa shape index (κ2) is 4.29. The molecular weight excluding hydrogens is 212 g/mol. The van der Waals surface area contributed by atoms with Crippen molar-refractivity contribution in [2.24, 2.45) is 34.5 Å². The summed E-state index contributed by atoms with van der Waals surface area (Å²) in [6.45, 7) is 15.8. The van der Waals surface area contributed by atoms with E-state index in [0.29, 0.717) is 17.8 Å². The molecule has 100 valence electrons. The van der Waals surface area contributed by atoms with Gasteiger partial charge in [-0.1, -0.05) is 48.5 Å². The average molecular weight is 240 g/mol. The molecule has 0 aromatic carbocycles. The molecule has 0 N–H and O–H groups in total. The third-order valence-electron chi connectivity index (χ3n) is 6.03. The van der Waals surface area contributed by atoms with E-state index in [2.05, 4.69) is 48.5 Å². The first-order valence-corrected chi connectivity index (χ1v) is 6.66. The first-order valence-electron chi connectivity index (χ1n) is 6.66. The molecule has 2 heteroatoms. The summed E-state index contributed by atoms with van der Waals surface area (Å²) < 4.78 is 5.03. The van der Waals surface area contributed by atoms with Crippen molar-refractivity contribution in [1.29, 1.82) is 0 Å². The Morgan fingerprint density at radius 1 is 0.882 bits per heavy atom. The molecule has 0 saturated heterocycles. The van der Waals surface area contributed by atoms with Crippen LogP contribution in [0.25, 0.3) is 0 Å².